The number of benzene rings is 7. The lowest BCUT2D eigenvalue weighted by Gasteiger charge is -2.47. The van der Waals surface area contributed by atoms with E-state index in [1.165, 1.54) is 49.9 Å². The van der Waals surface area contributed by atoms with E-state index >= 15 is 0 Å². The molecule has 0 fully saturated rings. The SMILES string of the molecule is CC1(C)c2ccccc2C2(c3ccccc3-c3ccccc32)c2ccc3oc4c(-c5cc(-c6ccccc6)cc(-c6ccccc6)n5)cccc4c3c21. The van der Waals surface area contributed by atoms with Crippen molar-refractivity contribution in [2.45, 2.75) is 24.7 Å². The van der Waals surface area contributed by atoms with E-state index < -0.39 is 5.41 Å². The van der Waals surface area contributed by atoms with Crippen LogP contribution in [-0.4, -0.2) is 4.98 Å². The van der Waals surface area contributed by atoms with E-state index in [1.807, 2.05) is 6.07 Å². The molecular formula is C51H35NO. The lowest BCUT2D eigenvalue weighted by molar-refractivity contribution is 0.567. The van der Waals surface area contributed by atoms with Crippen molar-refractivity contribution in [1.82, 2.24) is 4.98 Å². The van der Waals surface area contributed by atoms with Gasteiger partial charge in [-0.2, -0.15) is 0 Å². The second-order valence-electron chi connectivity index (χ2n) is 15.0. The lowest BCUT2D eigenvalue weighted by atomic mass is 9.55. The fourth-order valence-electron chi connectivity index (χ4n) is 9.73. The summed E-state index contributed by atoms with van der Waals surface area (Å²) in [4.78, 5) is 5.31. The summed E-state index contributed by atoms with van der Waals surface area (Å²) in [6.07, 6.45) is 0. The van der Waals surface area contributed by atoms with E-state index in [1.54, 1.807) is 0 Å². The van der Waals surface area contributed by atoms with Crippen LogP contribution < -0.4 is 0 Å². The van der Waals surface area contributed by atoms with E-state index in [-0.39, 0.29) is 5.41 Å². The first kappa shape index (κ1) is 30.1. The monoisotopic (exact) mass is 677 g/mol. The molecule has 0 bridgehead atoms. The summed E-state index contributed by atoms with van der Waals surface area (Å²) in [6, 6.07) is 63.7. The number of hydrogen-bond acceptors (Lipinski definition) is 2. The Hall–Kier alpha value is -6.51. The van der Waals surface area contributed by atoms with E-state index in [9.17, 15) is 0 Å². The molecule has 0 amide bonds. The van der Waals surface area contributed by atoms with Crippen molar-refractivity contribution in [3.8, 4) is 44.8 Å². The average molecular weight is 678 g/mol. The molecule has 0 radical (unpaired) electrons. The fraction of sp³-hybridized carbons (Fsp3) is 0.0784. The Balaban J connectivity index is 1.23. The molecule has 2 aromatic heterocycles. The first-order chi connectivity index (χ1) is 26.0. The molecule has 9 aromatic rings. The normalized spacial score (nSPS) is 14.5. The maximum absolute atomic E-state index is 7.03. The molecule has 2 aliphatic rings. The highest BCUT2D eigenvalue weighted by molar-refractivity contribution is 6.12. The standard InChI is InChI=1S/C51H35NO/c1-50(2)41-26-13-14-27-42(41)51(39-24-11-9-20-35(39)36-21-10-12-25-40(36)51)43-28-29-46-47(48(43)50)38-23-15-22-37(49(38)53-46)45-31-34(32-16-5-3-6-17-32)30-44(52-45)33-18-7-4-8-19-33/h3-31H,1-2H3. The number of rotatable bonds is 3. The zero-order valence-corrected chi connectivity index (χ0v) is 29.6. The fourth-order valence-corrected chi connectivity index (χ4v) is 9.73. The Bertz CT molecular complexity index is 2810. The van der Waals surface area contributed by atoms with Crippen LogP contribution in [0.5, 0.6) is 0 Å². The molecule has 0 aliphatic heterocycles. The van der Waals surface area contributed by atoms with Gasteiger partial charge in [0.25, 0.3) is 0 Å². The van der Waals surface area contributed by atoms with E-state index in [4.69, 9.17) is 9.40 Å². The van der Waals surface area contributed by atoms with Crippen LogP contribution in [0.4, 0.5) is 0 Å². The minimum absolute atomic E-state index is 0.304. The molecule has 1 spiro atoms. The van der Waals surface area contributed by atoms with Gasteiger partial charge in [-0.1, -0.05) is 166 Å². The number of pyridine rings is 1. The third-order valence-corrected chi connectivity index (χ3v) is 11.9. The molecule has 0 unspecified atom stereocenters. The van der Waals surface area contributed by atoms with Crippen LogP contribution in [0.15, 0.2) is 180 Å². The zero-order chi connectivity index (χ0) is 35.3. The molecule has 2 aliphatic carbocycles. The van der Waals surface area contributed by atoms with Gasteiger partial charge in [-0.15, -0.1) is 0 Å². The quantitative estimate of drug-likeness (QED) is 0.186. The van der Waals surface area contributed by atoms with Gasteiger partial charge < -0.3 is 4.42 Å². The van der Waals surface area contributed by atoms with Gasteiger partial charge in [0.15, 0.2) is 0 Å². The van der Waals surface area contributed by atoms with Gasteiger partial charge in [-0.05, 0) is 79.9 Å². The van der Waals surface area contributed by atoms with Crippen molar-refractivity contribution in [2.24, 2.45) is 0 Å². The average Bonchev–Trinajstić information content (AvgIpc) is 3.75. The summed E-state index contributed by atoms with van der Waals surface area (Å²) in [6.45, 7) is 4.78. The van der Waals surface area contributed by atoms with Gasteiger partial charge in [-0.3, -0.25) is 0 Å². The lowest BCUT2D eigenvalue weighted by Crippen LogP contribution is -2.40. The van der Waals surface area contributed by atoms with Crippen molar-refractivity contribution >= 4 is 21.9 Å². The molecule has 7 aromatic carbocycles. The molecule has 2 heterocycles. The van der Waals surface area contributed by atoms with E-state index in [0.717, 1.165) is 50.2 Å². The van der Waals surface area contributed by atoms with Crippen LogP contribution in [-0.2, 0) is 10.8 Å². The molecule has 2 nitrogen and oxygen atoms in total. The van der Waals surface area contributed by atoms with Gasteiger partial charge in [-0.25, -0.2) is 4.98 Å². The maximum atomic E-state index is 7.03. The number of nitrogens with zero attached hydrogens (tertiary/aromatic N) is 1. The molecule has 0 saturated carbocycles. The summed E-state index contributed by atoms with van der Waals surface area (Å²) >= 11 is 0. The molecule has 0 N–H and O–H groups in total. The largest absolute Gasteiger partial charge is 0.455 e. The Morgan fingerprint density at radius 3 is 1.70 bits per heavy atom. The van der Waals surface area contributed by atoms with Crippen molar-refractivity contribution in [1.29, 1.82) is 0 Å². The Labute approximate surface area is 309 Å². The van der Waals surface area contributed by atoms with Gasteiger partial charge in [0, 0.05) is 27.3 Å². The molecule has 2 heteroatoms. The van der Waals surface area contributed by atoms with Crippen LogP contribution >= 0.6 is 0 Å². The number of hydrogen-bond donors (Lipinski definition) is 0. The second kappa shape index (κ2) is 11.0. The minimum Gasteiger partial charge on any atom is -0.455 e. The number of furan rings is 1. The summed E-state index contributed by atoms with van der Waals surface area (Å²) in [5.41, 5.74) is 17.8. The van der Waals surface area contributed by atoms with Gasteiger partial charge in [0.2, 0.25) is 0 Å². The van der Waals surface area contributed by atoms with E-state index in [0.29, 0.717) is 0 Å². The minimum atomic E-state index is -0.458. The third kappa shape index (κ3) is 4.06. The topological polar surface area (TPSA) is 26.0 Å². The molecule has 0 atom stereocenters. The zero-order valence-electron chi connectivity index (χ0n) is 29.6. The van der Waals surface area contributed by atoms with E-state index in [2.05, 4.69) is 184 Å². The van der Waals surface area contributed by atoms with Gasteiger partial charge in [0.05, 0.1) is 16.8 Å². The number of aromatic nitrogens is 1. The summed E-state index contributed by atoms with van der Waals surface area (Å²) in [7, 11) is 0. The smallest absolute Gasteiger partial charge is 0.144 e. The highest BCUT2D eigenvalue weighted by atomic mass is 16.3. The van der Waals surface area contributed by atoms with Crippen molar-refractivity contribution < 1.29 is 4.42 Å². The highest BCUT2D eigenvalue weighted by Crippen LogP contribution is 2.63. The third-order valence-electron chi connectivity index (χ3n) is 11.9. The Kier molecular flexibility index (Phi) is 6.25. The summed E-state index contributed by atoms with van der Waals surface area (Å²) < 4.78 is 7.03. The number of para-hydroxylation sites is 1. The summed E-state index contributed by atoms with van der Waals surface area (Å²) in [5, 5.41) is 2.30. The Morgan fingerprint density at radius 2 is 1.00 bits per heavy atom. The van der Waals surface area contributed by atoms with Gasteiger partial charge in [0.1, 0.15) is 11.2 Å². The highest BCUT2D eigenvalue weighted by Gasteiger charge is 2.54. The molecule has 11 rings (SSSR count). The van der Waals surface area contributed by atoms with Crippen LogP contribution in [0.2, 0.25) is 0 Å². The van der Waals surface area contributed by atoms with Gasteiger partial charge >= 0.3 is 0 Å². The first-order valence-electron chi connectivity index (χ1n) is 18.5. The molecular weight excluding hydrogens is 643 g/mol. The maximum Gasteiger partial charge on any atom is 0.144 e. The van der Waals surface area contributed by atoms with Crippen molar-refractivity contribution in [3.63, 3.8) is 0 Å². The van der Waals surface area contributed by atoms with Crippen molar-refractivity contribution in [3.05, 3.63) is 209 Å². The van der Waals surface area contributed by atoms with Crippen LogP contribution in [0.3, 0.4) is 0 Å². The number of fused-ring (bicyclic) bond motifs is 13. The van der Waals surface area contributed by atoms with Crippen molar-refractivity contribution in [2.75, 3.05) is 0 Å². The first-order valence-corrected chi connectivity index (χ1v) is 18.5. The predicted octanol–water partition coefficient (Wildman–Crippen LogP) is 13.0. The molecule has 0 saturated heterocycles. The predicted molar refractivity (Wildman–Crippen MR) is 217 cm³/mol. The summed E-state index contributed by atoms with van der Waals surface area (Å²) in [5.74, 6) is 0. The van der Waals surface area contributed by atoms with Crippen LogP contribution in [0.25, 0.3) is 66.7 Å². The molecule has 250 valence electrons. The Morgan fingerprint density at radius 1 is 0.434 bits per heavy atom. The van der Waals surface area contributed by atoms with Crippen LogP contribution in [0.1, 0.15) is 47.2 Å². The van der Waals surface area contributed by atoms with Crippen LogP contribution in [0, 0.1) is 0 Å². The second-order valence-corrected chi connectivity index (χ2v) is 15.0. The molecule has 53 heavy (non-hydrogen) atoms.